The molecule has 1 saturated carbocycles. The first-order valence-electron chi connectivity index (χ1n) is 8.34. The number of rotatable bonds is 11. The van der Waals surface area contributed by atoms with Crippen LogP contribution < -0.4 is 10.1 Å². The quantitative estimate of drug-likeness (QED) is 0.590. The molecular formula is C18H32ClNO4. The molecule has 0 radical (unpaired) electrons. The van der Waals surface area contributed by atoms with Gasteiger partial charge in [0.2, 0.25) is 0 Å². The van der Waals surface area contributed by atoms with Crippen molar-refractivity contribution >= 4 is 12.4 Å². The van der Waals surface area contributed by atoms with Crippen LogP contribution in [-0.2, 0) is 11.2 Å². The van der Waals surface area contributed by atoms with E-state index in [0.29, 0.717) is 19.2 Å². The Labute approximate surface area is 151 Å². The van der Waals surface area contributed by atoms with Crippen molar-refractivity contribution in [1.29, 1.82) is 0 Å². The molecule has 140 valence electrons. The van der Waals surface area contributed by atoms with E-state index >= 15 is 0 Å². The Kier molecular flexibility index (Phi) is 12.1. The number of hydrogen-bond acceptors (Lipinski definition) is 4. The zero-order chi connectivity index (χ0) is 15.8. The Balaban J connectivity index is 0.00000264. The highest BCUT2D eigenvalue weighted by Gasteiger charge is 2.20. The molecule has 0 amide bonds. The molecule has 2 rings (SSSR count). The number of benzene rings is 1. The molecule has 5 nitrogen and oxygen atoms in total. The van der Waals surface area contributed by atoms with Gasteiger partial charge in [0.1, 0.15) is 18.5 Å². The average molecular weight is 362 g/mol. The van der Waals surface area contributed by atoms with Crippen molar-refractivity contribution in [2.75, 3.05) is 26.4 Å². The van der Waals surface area contributed by atoms with Gasteiger partial charge in [0, 0.05) is 19.2 Å². The van der Waals surface area contributed by atoms with Crippen LogP contribution in [0.5, 0.6) is 5.75 Å². The second kappa shape index (κ2) is 12.5. The number of hydrogen-bond donors (Lipinski definition) is 2. The van der Waals surface area contributed by atoms with Crippen molar-refractivity contribution in [3.8, 4) is 5.75 Å². The van der Waals surface area contributed by atoms with Gasteiger partial charge in [-0.15, -0.1) is 12.4 Å². The molecule has 1 aromatic carbocycles. The van der Waals surface area contributed by atoms with Gasteiger partial charge in [0.15, 0.2) is 0 Å². The molecule has 1 unspecified atom stereocenters. The first-order valence-corrected chi connectivity index (χ1v) is 8.34. The van der Waals surface area contributed by atoms with E-state index in [9.17, 15) is 5.11 Å². The standard InChI is InChI=1S/C18H29NO3.ClH.H2O/c1-14(2)19-11-17(20)13-22-18-7-5-15(6-8-18)9-10-21-12-16-3-4-16;;/h5-8,14,16-17,19-20H,3-4,9-13H2,1-2H3;1H;1H2. The summed E-state index contributed by atoms with van der Waals surface area (Å²) < 4.78 is 11.2. The third-order valence-electron chi connectivity index (χ3n) is 3.71. The Bertz CT molecular complexity index is 424. The molecule has 0 spiro atoms. The Hall–Kier alpha value is -0.850. The molecule has 1 aliphatic rings. The lowest BCUT2D eigenvalue weighted by Gasteiger charge is -2.15. The van der Waals surface area contributed by atoms with Crippen molar-refractivity contribution in [2.45, 2.75) is 45.3 Å². The highest BCUT2D eigenvalue weighted by Crippen LogP contribution is 2.28. The van der Waals surface area contributed by atoms with Gasteiger partial charge in [-0.25, -0.2) is 0 Å². The van der Waals surface area contributed by atoms with Crippen molar-refractivity contribution < 1.29 is 20.1 Å². The van der Waals surface area contributed by atoms with Crippen LogP contribution in [0.3, 0.4) is 0 Å². The van der Waals surface area contributed by atoms with E-state index in [4.69, 9.17) is 9.47 Å². The number of aliphatic hydroxyl groups excluding tert-OH is 1. The maximum Gasteiger partial charge on any atom is 0.119 e. The van der Waals surface area contributed by atoms with Crippen LogP contribution in [-0.4, -0.2) is 49.1 Å². The van der Waals surface area contributed by atoms with E-state index in [0.717, 1.165) is 31.3 Å². The zero-order valence-electron chi connectivity index (χ0n) is 14.7. The lowest BCUT2D eigenvalue weighted by atomic mass is 10.1. The minimum atomic E-state index is -0.488. The van der Waals surface area contributed by atoms with E-state index in [1.807, 2.05) is 12.1 Å². The summed E-state index contributed by atoms with van der Waals surface area (Å²) in [5.74, 6) is 1.62. The van der Waals surface area contributed by atoms with Gasteiger partial charge in [-0.05, 0) is 42.9 Å². The smallest absolute Gasteiger partial charge is 0.119 e. The molecule has 1 fully saturated rings. The van der Waals surface area contributed by atoms with Crippen molar-refractivity contribution in [1.82, 2.24) is 5.32 Å². The molecule has 0 aromatic heterocycles. The Morgan fingerprint density at radius 3 is 2.46 bits per heavy atom. The number of halogens is 1. The maximum absolute atomic E-state index is 9.80. The summed E-state index contributed by atoms with van der Waals surface area (Å²) in [5.41, 5.74) is 1.25. The average Bonchev–Trinajstić information content (AvgIpc) is 3.33. The van der Waals surface area contributed by atoms with Crippen LogP contribution in [0.1, 0.15) is 32.3 Å². The lowest BCUT2D eigenvalue weighted by Crippen LogP contribution is -2.35. The van der Waals surface area contributed by atoms with Crippen LogP contribution in [0.4, 0.5) is 0 Å². The summed E-state index contributed by atoms with van der Waals surface area (Å²) in [5, 5.41) is 13.0. The molecule has 0 saturated heterocycles. The lowest BCUT2D eigenvalue weighted by molar-refractivity contribution is 0.104. The van der Waals surface area contributed by atoms with Crippen LogP contribution in [0.15, 0.2) is 24.3 Å². The second-order valence-electron chi connectivity index (χ2n) is 6.44. The largest absolute Gasteiger partial charge is 0.491 e. The fraction of sp³-hybridized carbons (Fsp3) is 0.667. The zero-order valence-corrected chi connectivity index (χ0v) is 15.5. The first-order chi connectivity index (χ1) is 10.6. The predicted molar refractivity (Wildman–Crippen MR) is 99.2 cm³/mol. The van der Waals surface area contributed by atoms with Crippen LogP contribution in [0, 0.1) is 5.92 Å². The van der Waals surface area contributed by atoms with Gasteiger partial charge in [0.25, 0.3) is 0 Å². The Morgan fingerprint density at radius 1 is 1.21 bits per heavy atom. The summed E-state index contributed by atoms with van der Waals surface area (Å²) in [4.78, 5) is 0. The van der Waals surface area contributed by atoms with Gasteiger partial charge in [-0.3, -0.25) is 0 Å². The highest BCUT2D eigenvalue weighted by molar-refractivity contribution is 5.85. The second-order valence-corrected chi connectivity index (χ2v) is 6.44. The van der Waals surface area contributed by atoms with E-state index in [1.54, 1.807) is 0 Å². The normalized spacial score (nSPS) is 14.7. The highest BCUT2D eigenvalue weighted by atomic mass is 35.5. The summed E-state index contributed by atoms with van der Waals surface area (Å²) in [7, 11) is 0. The molecule has 0 heterocycles. The van der Waals surface area contributed by atoms with Crippen LogP contribution in [0.2, 0.25) is 0 Å². The minimum absolute atomic E-state index is 0. The molecule has 1 aliphatic carbocycles. The first kappa shape index (κ1) is 23.1. The van der Waals surface area contributed by atoms with Gasteiger partial charge >= 0.3 is 0 Å². The molecule has 1 aromatic rings. The van der Waals surface area contributed by atoms with Crippen molar-refractivity contribution in [3.05, 3.63) is 29.8 Å². The van der Waals surface area contributed by atoms with Crippen molar-refractivity contribution in [3.63, 3.8) is 0 Å². The predicted octanol–water partition coefficient (Wildman–Crippen LogP) is 1.99. The molecule has 24 heavy (non-hydrogen) atoms. The SMILES string of the molecule is CC(C)NCC(O)COc1ccc(CCOCC2CC2)cc1.Cl.O. The van der Waals surface area contributed by atoms with Gasteiger partial charge in [0.05, 0.1) is 6.61 Å². The topological polar surface area (TPSA) is 82.2 Å². The van der Waals surface area contributed by atoms with Gasteiger partial charge in [-0.2, -0.15) is 0 Å². The monoisotopic (exact) mass is 361 g/mol. The molecular weight excluding hydrogens is 330 g/mol. The van der Waals surface area contributed by atoms with E-state index in [2.05, 4.69) is 31.3 Å². The summed E-state index contributed by atoms with van der Waals surface area (Å²) in [6, 6.07) is 8.41. The van der Waals surface area contributed by atoms with E-state index in [1.165, 1.54) is 18.4 Å². The molecule has 0 bridgehead atoms. The number of aliphatic hydroxyl groups is 1. The number of ether oxygens (including phenoxy) is 2. The summed E-state index contributed by atoms with van der Waals surface area (Å²) >= 11 is 0. The summed E-state index contributed by atoms with van der Waals surface area (Å²) in [6.07, 6.45) is 3.13. The minimum Gasteiger partial charge on any atom is -0.491 e. The molecule has 0 aliphatic heterocycles. The molecule has 1 atom stereocenters. The van der Waals surface area contributed by atoms with Crippen LogP contribution in [0.25, 0.3) is 0 Å². The fourth-order valence-electron chi connectivity index (χ4n) is 2.10. The maximum atomic E-state index is 9.80. The third kappa shape index (κ3) is 10.1. The van der Waals surface area contributed by atoms with E-state index < -0.39 is 6.10 Å². The van der Waals surface area contributed by atoms with Crippen molar-refractivity contribution in [2.24, 2.45) is 5.92 Å². The third-order valence-corrected chi connectivity index (χ3v) is 3.71. The van der Waals surface area contributed by atoms with Crippen LogP contribution >= 0.6 is 12.4 Å². The molecule has 6 heteroatoms. The van der Waals surface area contributed by atoms with Gasteiger partial charge < -0.3 is 25.4 Å². The van der Waals surface area contributed by atoms with E-state index in [-0.39, 0.29) is 17.9 Å². The number of nitrogens with one attached hydrogen (secondary N) is 1. The summed E-state index contributed by atoms with van der Waals surface area (Å²) in [6.45, 7) is 6.68. The van der Waals surface area contributed by atoms with Gasteiger partial charge in [-0.1, -0.05) is 26.0 Å². The Morgan fingerprint density at radius 2 is 1.88 bits per heavy atom. The molecule has 4 N–H and O–H groups in total. The fourth-order valence-corrected chi connectivity index (χ4v) is 2.10.